The van der Waals surface area contributed by atoms with E-state index < -0.39 is 5.91 Å². The largest absolute Gasteiger partial charge is 0.505 e. The van der Waals surface area contributed by atoms with Crippen LogP contribution in [0.3, 0.4) is 0 Å². The number of hydrogen-bond acceptors (Lipinski definition) is 8. The monoisotopic (exact) mass is 438 g/mol. The Labute approximate surface area is 180 Å². The summed E-state index contributed by atoms with van der Waals surface area (Å²) < 4.78 is 5.46. The Bertz CT molecular complexity index is 1190. The topological polar surface area (TPSA) is 87.6 Å². The van der Waals surface area contributed by atoms with Crippen LogP contribution in [0.2, 0.25) is 0 Å². The first-order chi connectivity index (χ1) is 14.7. The van der Waals surface area contributed by atoms with E-state index in [4.69, 9.17) is 9.72 Å². The van der Waals surface area contributed by atoms with Crippen molar-refractivity contribution in [1.29, 1.82) is 0 Å². The molecule has 9 heteroatoms. The Balaban J connectivity index is 1.64. The molecule has 1 saturated heterocycles. The number of carbonyl (C=O) groups is 1. The molecule has 1 aliphatic heterocycles. The number of aromatic hydroxyl groups is 1. The van der Waals surface area contributed by atoms with Gasteiger partial charge in [0.2, 0.25) is 0 Å². The van der Waals surface area contributed by atoms with Gasteiger partial charge in [-0.05, 0) is 17.2 Å². The summed E-state index contributed by atoms with van der Waals surface area (Å²) in [6.45, 7) is 2.80. The second-order valence-corrected chi connectivity index (χ2v) is 8.64. The van der Waals surface area contributed by atoms with E-state index in [1.807, 2.05) is 36.4 Å². The van der Waals surface area contributed by atoms with Gasteiger partial charge >= 0.3 is 0 Å². The van der Waals surface area contributed by atoms with Crippen molar-refractivity contribution in [1.82, 2.24) is 9.97 Å². The Kier molecular flexibility index (Phi) is 5.07. The number of amides is 1. The van der Waals surface area contributed by atoms with Crippen LogP contribution < -0.4 is 10.2 Å². The second-order valence-electron chi connectivity index (χ2n) is 6.74. The van der Waals surface area contributed by atoms with Crippen molar-refractivity contribution < 1.29 is 14.6 Å². The fraction of sp³-hybridized carbons (Fsp3) is 0.190. The van der Waals surface area contributed by atoms with E-state index in [9.17, 15) is 9.90 Å². The lowest BCUT2D eigenvalue weighted by atomic mass is 10.0. The molecule has 0 radical (unpaired) electrons. The molecule has 1 aromatic carbocycles. The van der Waals surface area contributed by atoms with Crippen LogP contribution in [-0.2, 0) is 4.74 Å². The fourth-order valence-electron chi connectivity index (χ4n) is 3.46. The number of nitrogens with zero attached hydrogens (tertiary/aromatic N) is 3. The van der Waals surface area contributed by atoms with Crippen molar-refractivity contribution >= 4 is 49.7 Å². The number of benzene rings is 1. The number of rotatable bonds is 4. The van der Waals surface area contributed by atoms with Crippen molar-refractivity contribution in [3.63, 3.8) is 0 Å². The number of aromatic nitrogens is 2. The maximum absolute atomic E-state index is 12.8. The van der Waals surface area contributed by atoms with Crippen LogP contribution in [-0.4, -0.2) is 47.3 Å². The van der Waals surface area contributed by atoms with Gasteiger partial charge in [0.1, 0.15) is 21.3 Å². The minimum absolute atomic E-state index is 0.0519. The van der Waals surface area contributed by atoms with Gasteiger partial charge in [-0.1, -0.05) is 30.3 Å². The lowest BCUT2D eigenvalue weighted by Gasteiger charge is -2.28. The molecule has 1 fully saturated rings. The summed E-state index contributed by atoms with van der Waals surface area (Å²) in [5.41, 5.74) is 1.81. The predicted octanol–water partition coefficient (Wildman–Crippen LogP) is 4.21. The molecule has 3 aromatic heterocycles. The van der Waals surface area contributed by atoms with E-state index in [-0.39, 0.29) is 10.6 Å². The summed E-state index contributed by atoms with van der Waals surface area (Å²) >= 11 is 2.51. The number of thiazole rings is 1. The smallest absolute Gasteiger partial charge is 0.271 e. The summed E-state index contributed by atoms with van der Waals surface area (Å²) in [5.74, 6) is 0.374. The van der Waals surface area contributed by atoms with Gasteiger partial charge in [-0.15, -0.1) is 22.7 Å². The van der Waals surface area contributed by atoms with Gasteiger partial charge < -0.3 is 14.7 Å². The zero-order valence-electron chi connectivity index (χ0n) is 15.9. The van der Waals surface area contributed by atoms with Gasteiger partial charge in [-0.25, -0.2) is 9.97 Å². The van der Waals surface area contributed by atoms with E-state index in [1.165, 1.54) is 22.7 Å². The van der Waals surface area contributed by atoms with Gasteiger partial charge in [0.25, 0.3) is 5.91 Å². The summed E-state index contributed by atoms with van der Waals surface area (Å²) in [4.78, 5) is 24.7. The molecule has 0 atom stereocenters. The van der Waals surface area contributed by atoms with Gasteiger partial charge in [-0.2, -0.15) is 0 Å². The quantitative estimate of drug-likeness (QED) is 0.496. The molecular weight excluding hydrogens is 420 g/mol. The van der Waals surface area contributed by atoms with Crippen molar-refractivity contribution in [2.24, 2.45) is 0 Å². The third kappa shape index (κ3) is 3.51. The Hall–Kier alpha value is -3.01. The van der Waals surface area contributed by atoms with Gasteiger partial charge in [0.05, 0.1) is 18.6 Å². The van der Waals surface area contributed by atoms with Gasteiger partial charge in [0, 0.05) is 24.7 Å². The average Bonchev–Trinajstić information content (AvgIpc) is 3.42. The van der Waals surface area contributed by atoms with E-state index in [0.29, 0.717) is 28.6 Å². The number of fused-ring (bicyclic) bond motifs is 1. The van der Waals surface area contributed by atoms with Crippen LogP contribution in [0, 0.1) is 0 Å². The third-order valence-electron chi connectivity index (χ3n) is 4.90. The van der Waals surface area contributed by atoms with E-state index in [0.717, 1.165) is 30.0 Å². The standard InChI is InChI=1S/C21H18N4O3S2/c26-17-16-14(13-4-2-1-3-5-13)12-15(25-7-9-28-10-8-25)23-20(16)30-18(17)19(27)24-21-22-6-11-29-21/h1-6,11-12,26H,7-10H2,(H,22,24,27). The number of carbonyl (C=O) groups excluding carboxylic acids is 1. The molecule has 0 spiro atoms. The Morgan fingerprint density at radius 2 is 2.00 bits per heavy atom. The number of ether oxygens (including phenoxy) is 1. The molecule has 0 unspecified atom stereocenters. The van der Waals surface area contributed by atoms with Crippen LogP contribution >= 0.6 is 22.7 Å². The van der Waals surface area contributed by atoms with Crippen molar-refractivity contribution in [2.75, 3.05) is 36.5 Å². The lowest BCUT2D eigenvalue weighted by molar-refractivity contribution is 0.102. The fourth-order valence-corrected chi connectivity index (χ4v) is 4.97. The summed E-state index contributed by atoms with van der Waals surface area (Å²) in [6.07, 6.45) is 1.62. The zero-order valence-corrected chi connectivity index (χ0v) is 17.5. The van der Waals surface area contributed by atoms with Crippen molar-refractivity contribution in [3.05, 3.63) is 52.9 Å². The number of thiophene rings is 1. The van der Waals surface area contributed by atoms with E-state index in [2.05, 4.69) is 15.2 Å². The highest BCUT2D eigenvalue weighted by Crippen LogP contribution is 2.43. The Morgan fingerprint density at radius 1 is 1.20 bits per heavy atom. The molecule has 0 aliphatic carbocycles. The minimum atomic E-state index is -0.391. The molecule has 0 bridgehead atoms. The molecule has 4 heterocycles. The minimum Gasteiger partial charge on any atom is -0.505 e. The summed E-state index contributed by atoms with van der Waals surface area (Å²) in [7, 11) is 0. The maximum Gasteiger partial charge on any atom is 0.271 e. The van der Waals surface area contributed by atoms with Gasteiger partial charge in [-0.3, -0.25) is 10.1 Å². The highest BCUT2D eigenvalue weighted by molar-refractivity contribution is 7.21. The van der Waals surface area contributed by atoms with Crippen molar-refractivity contribution in [2.45, 2.75) is 0 Å². The lowest BCUT2D eigenvalue weighted by Crippen LogP contribution is -2.36. The highest BCUT2D eigenvalue weighted by atomic mass is 32.1. The average molecular weight is 439 g/mol. The van der Waals surface area contributed by atoms with Crippen molar-refractivity contribution in [3.8, 4) is 16.9 Å². The van der Waals surface area contributed by atoms with Crippen LogP contribution in [0.5, 0.6) is 5.75 Å². The molecular formula is C21H18N4O3S2. The van der Waals surface area contributed by atoms with Gasteiger partial charge in [0.15, 0.2) is 5.13 Å². The molecule has 1 aliphatic rings. The molecule has 152 valence electrons. The first kappa shape index (κ1) is 19.0. The summed E-state index contributed by atoms with van der Waals surface area (Å²) in [6, 6.07) is 11.8. The number of nitrogens with one attached hydrogen (secondary N) is 1. The van der Waals surface area contributed by atoms with Crippen LogP contribution in [0.4, 0.5) is 10.9 Å². The molecule has 1 amide bonds. The number of morpholine rings is 1. The normalized spacial score (nSPS) is 14.2. The third-order valence-corrected chi connectivity index (χ3v) is 6.66. The molecule has 4 aromatic rings. The first-order valence-corrected chi connectivity index (χ1v) is 11.2. The van der Waals surface area contributed by atoms with Crippen LogP contribution in [0.15, 0.2) is 48.0 Å². The van der Waals surface area contributed by atoms with Crippen LogP contribution in [0.1, 0.15) is 9.67 Å². The molecule has 7 nitrogen and oxygen atoms in total. The van der Waals surface area contributed by atoms with E-state index >= 15 is 0 Å². The predicted molar refractivity (Wildman–Crippen MR) is 120 cm³/mol. The van der Waals surface area contributed by atoms with Crippen LogP contribution in [0.25, 0.3) is 21.3 Å². The number of pyridine rings is 1. The number of anilines is 2. The second kappa shape index (κ2) is 8.02. The van der Waals surface area contributed by atoms with E-state index in [1.54, 1.807) is 11.6 Å². The SMILES string of the molecule is O=C(Nc1nccs1)c1sc2nc(N3CCOCC3)cc(-c3ccccc3)c2c1O. The first-order valence-electron chi connectivity index (χ1n) is 9.46. The molecule has 2 N–H and O–H groups in total. The molecule has 30 heavy (non-hydrogen) atoms. The highest BCUT2D eigenvalue weighted by Gasteiger charge is 2.24. The zero-order chi connectivity index (χ0) is 20.5. The maximum atomic E-state index is 12.8. The molecule has 5 rings (SSSR count). The number of hydrogen-bond donors (Lipinski definition) is 2. The molecule has 0 saturated carbocycles. The summed E-state index contributed by atoms with van der Waals surface area (Å²) in [5, 5.41) is 16.6. The Morgan fingerprint density at radius 3 is 2.73 bits per heavy atom.